The Morgan fingerprint density at radius 2 is 1.53 bits per heavy atom. The smallest absolute Gasteiger partial charge is 0.0782 e. The molecule has 0 saturated heterocycles. The Balaban J connectivity index is 2.41. The maximum absolute atomic E-state index is 9.77. The van der Waals surface area contributed by atoms with Gasteiger partial charge in [-0.1, -0.05) is 36.4 Å². The largest absolute Gasteiger partial charge is 0.389 e. The van der Waals surface area contributed by atoms with Crippen molar-refractivity contribution in [1.82, 2.24) is 0 Å². The van der Waals surface area contributed by atoms with Crippen molar-refractivity contribution in [3.8, 4) is 0 Å². The predicted molar refractivity (Wildman–Crippen MR) is 71.6 cm³/mol. The van der Waals surface area contributed by atoms with Crippen LogP contribution in [-0.4, -0.2) is 12.2 Å². The molecular formula is C15H17NO. The molecule has 2 heteroatoms. The van der Waals surface area contributed by atoms with Crippen molar-refractivity contribution in [1.29, 1.82) is 0 Å². The summed E-state index contributed by atoms with van der Waals surface area (Å²) < 4.78 is 0. The molecule has 1 atom stereocenters. The Morgan fingerprint density at radius 3 is 2.18 bits per heavy atom. The molecule has 0 aliphatic rings. The molecule has 0 amide bonds. The molecule has 0 radical (unpaired) electrons. The van der Waals surface area contributed by atoms with Gasteiger partial charge >= 0.3 is 0 Å². The molecule has 2 aromatic carbocycles. The van der Waals surface area contributed by atoms with Gasteiger partial charge in [0.25, 0.3) is 0 Å². The SMILES string of the molecule is CC(O)c1ccccc1N(C)c1ccccc1. The topological polar surface area (TPSA) is 23.5 Å². The van der Waals surface area contributed by atoms with E-state index >= 15 is 0 Å². The van der Waals surface area contributed by atoms with Gasteiger partial charge in [0.15, 0.2) is 0 Å². The van der Waals surface area contributed by atoms with E-state index in [0.717, 1.165) is 16.9 Å². The average Bonchev–Trinajstić information content (AvgIpc) is 2.39. The highest BCUT2D eigenvalue weighted by Crippen LogP contribution is 2.30. The molecule has 2 rings (SSSR count). The Bertz CT molecular complexity index is 479. The van der Waals surface area contributed by atoms with Gasteiger partial charge < -0.3 is 10.0 Å². The molecule has 0 aromatic heterocycles. The molecule has 0 bridgehead atoms. The molecule has 0 spiro atoms. The Kier molecular flexibility index (Phi) is 3.45. The average molecular weight is 227 g/mol. The summed E-state index contributed by atoms with van der Waals surface area (Å²) in [5.41, 5.74) is 3.09. The maximum atomic E-state index is 9.77. The van der Waals surface area contributed by atoms with E-state index < -0.39 is 6.10 Å². The minimum absolute atomic E-state index is 0.461. The number of para-hydroxylation sites is 2. The van der Waals surface area contributed by atoms with Crippen LogP contribution in [0.1, 0.15) is 18.6 Å². The maximum Gasteiger partial charge on any atom is 0.0782 e. The molecule has 2 aromatic rings. The van der Waals surface area contributed by atoms with Gasteiger partial charge in [-0.25, -0.2) is 0 Å². The van der Waals surface area contributed by atoms with E-state index in [-0.39, 0.29) is 0 Å². The first-order valence-electron chi connectivity index (χ1n) is 5.76. The monoisotopic (exact) mass is 227 g/mol. The van der Waals surface area contributed by atoms with E-state index in [1.807, 2.05) is 49.5 Å². The summed E-state index contributed by atoms with van der Waals surface area (Å²) in [6.45, 7) is 1.79. The van der Waals surface area contributed by atoms with Gasteiger partial charge in [0, 0.05) is 24.0 Å². The minimum atomic E-state index is -0.461. The number of hydrogen-bond acceptors (Lipinski definition) is 2. The second-order valence-electron chi connectivity index (χ2n) is 4.13. The fourth-order valence-corrected chi connectivity index (χ4v) is 1.94. The van der Waals surface area contributed by atoms with E-state index in [9.17, 15) is 5.11 Å². The summed E-state index contributed by atoms with van der Waals surface area (Å²) in [6, 6.07) is 18.0. The third-order valence-corrected chi connectivity index (χ3v) is 2.89. The number of anilines is 2. The zero-order chi connectivity index (χ0) is 12.3. The molecule has 2 nitrogen and oxygen atoms in total. The first kappa shape index (κ1) is 11.7. The number of nitrogens with zero attached hydrogens (tertiary/aromatic N) is 1. The highest BCUT2D eigenvalue weighted by molar-refractivity contribution is 5.66. The van der Waals surface area contributed by atoms with Crippen molar-refractivity contribution in [3.05, 3.63) is 60.2 Å². The Hall–Kier alpha value is -1.80. The van der Waals surface area contributed by atoms with Crippen LogP contribution in [0.2, 0.25) is 0 Å². The molecule has 0 heterocycles. The summed E-state index contributed by atoms with van der Waals surface area (Å²) in [5.74, 6) is 0. The summed E-state index contributed by atoms with van der Waals surface area (Å²) in [5, 5.41) is 9.77. The van der Waals surface area contributed by atoms with Crippen molar-refractivity contribution in [3.63, 3.8) is 0 Å². The third-order valence-electron chi connectivity index (χ3n) is 2.89. The highest BCUT2D eigenvalue weighted by Gasteiger charge is 2.11. The summed E-state index contributed by atoms with van der Waals surface area (Å²) in [6.07, 6.45) is -0.461. The number of benzene rings is 2. The second kappa shape index (κ2) is 5.02. The summed E-state index contributed by atoms with van der Waals surface area (Å²) in [4.78, 5) is 2.09. The van der Waals surface area contributed by atoms with Crippen LogP contribution in [0.3, 0.4) is 0 Å². The standard InChI is InChI=1S/C15H17NO/c1-12(17)14-10-6-7-11-15(14)16(2)13-8-4-3-5-9-13/h3-12,17H,1-2H3. The van der Waals surface area contributed by atoms with Gasteiger partial charge in [-0.15, -0.1) is 0 Å². The van der Waals surface area contributed by atoms with Crippen molar-refractivity contribution < 1.29 is 5.11 Å². The van der Waals surface area contributed by atoms with Crippen LogP contribution >= 0.6 is 0 Å². The molecular weight excluding hydrogens is 210 g/mol. The van der Waals surface area contributed by atoms with E-state index in [2.05, 4.69) is 17.0 Å². The van der Waals surface area contributed by atoms with Gasteiger partial charge in [0.2, 0.25) is 0 Å². The van der Waals surface area contributed by atoms with Gasteiger partial charge in [0.1, 0.15) is 0 Å². The van der Waals surface area contributed by atoms with E-state index in [4.69, 9.17) is 0 Å². The summed E-state index contributed by atoms with van der Waals surface area (Å²) >= 11 is 0. The Morgan fingerprint density at radius 1 is 0.941 bits per heavy atom. The van der Waals surface area contributed by atoms with Gasteiger partial charge in [0.05, 0.1) is 6.10 Å². The van der Waals surface area contributed by atoms with Crippen LogP contribution in [-0.2, 0) is 0 Å². The third kappa shape index (κ3) is 2.48. The zero-order valence-electron chi connectivity index (χ0n) is 10.2. The van der Waals surface area contributed by atoms with Crippen LogP contribution < -0.4 is 4.90 Å². The first-order valence-corrected chi connectivity index (χ1v) is 5.76. The van der Waals surface area contributed by atoms with Crippen molar-refractivity contribution in [2.45, 2.75) is 13.0 Å². The number of aliphatic hydroxyl groups excluding tert-OH is 1. The van der Waals surface area contributed by atoms with Crippen LogP contribution in [0, 0.1) is 0 Å². The molecule has 0 aliphatic heterocycles. The lowest BCUT2D eigenvalue weighted by atomic mass is 10.1. The quantitative estimate of drug-likeness (QED) is 0.867. The molecule has 17 heavy (non-hydrogen) atoms. The van der Waals surface area contributed by atoms with Gasteiger partial charge in [-0.3, -0.25) is 0 Å². The normalized spacial score (nSPS) is 12.2. The lowest BCUT2D eigenvalue weighted by Gasteiger charge is -2.23. The van der Waals surface area contributed by atoms with Crippen LogP contribution in [0.15, 0.2) is 54.6 Å². The molecule has 0 aliphatic carbocycles. The minimum Gasteiger partial charge on any atom is -0.389 e. The van der Waals surface area contributed by atoms with Gasteiger partial charge in [-0.2, -0.15) is 0 Å². The van der Waals surface area contributed by atoms with Gasteiger partial charge in [-0.05, 0) is 25.1 Å². The molecule has 0 fully saturated rings. The Labute approximate surface area is 102 Å². The number of rotatable bonds is 3. The predicted octanol–water partition coefficient (Wildman–Crippen LogP) is 3.51. The highest BCUT2D eigenvalue weighted by atomic mass is 16.3. The number of hydrogen-bond donors (Lipinski definition) is 1. The fourth-order valence-electron chi connectivity index (χ4n) is 1.94. The molecule has 0 saturated carbocycles. The summed E-state index contributed by atoms with van der Waals surface area (Å²) in [7, 11) is 2.01. The molecule has 1 N–H and O–H groups in total. The second-order valence-corrected chi connectivity index (χ2v) is 4.13. The first-order chi connectivity index (χ1) is 8.20. The van der Waals surface area contributed by atoms with Crippen molar-refractivity contribution >= 4 is 11.4 Å². The zero-order valence-corrected chi connectivity index (χ0v) is 10.2. The fraction of sp³-hybridized carbons (Fsp3) is 0.200. The van der Waals surface area contributed by atoms with Crippen molar-refractivity contribution in [2.24, 2.45) is 0 Å². The lowest BCUT2D eigenvalue weighted by Crippen LogP contribution is -2.12. The van der Waals surface area contributed by atoms with Crippen LogP contribution in [0.25, 0.3) is 0 Å². The molecule has 1 unspecified atom stereocenters. The lowest BCUT2D eigenvalue weighted by molar-refractivity contribution is 0.200. The van der Waals surface area contributed by atoms with E-state index in [1.54, 1.807) is 6.92 Å². The van der Waals surface area contributed by atoms with Crippen LogP contribution in [0.5, 0.6) is 0 Å². The molecule has 88 valence electrons. The van der Waals surface area contributed by atoms with E-state index in [1.165, 1.54) is 0 Å². The number of aliphatic hydroxyl groups is 1. The van der Waals surface area contributed by atoms with Crippen molar-refractivity contribution in [2.75, 3.05) is 11.9 Å². The van der Waals surface area contributed by atoms with Crippen LogP contribution in [0.4, 0.5) is 11.4 Å². The van der Waals surface area contributed by atoms with E-state index in [0.29, 0.717) is 0 Å².